The summed E-state index contributed by atoms with van der Waals surface area (Å²) in [5, 5.41) is 4.72. The second-order valence-electron chi connectivity index (χ2n) is 7.79. The summed E-state index contributed by atoms with van der Waals surface area (Å²) in [6.45, 7) is 12.6. The average Bonchev–Trinajstić information content (AvgIpc) is 2.50. The van der Waals surface area contributed by atoms with E-state index in [2.05, 4.69) is 24.5 Å². The molecule has 7 nitrogen and oxygen atoms in total. The Balaban J connectivity index is 2.48. The Labute approximate surface area is 160 Å². The Kier molecular flexibility index (Phi) is 7.82. The molecule has 0 saturated heterocycles. The molecule has 0 aromatic heterocycles. The SMILES string of the molecule is Cc1cc(OCC(=O)O[C@H](C)C(=O)NC(=O)NC(C)(C)C)ccc1C(C)C. The molecule has 1 aromatic rings. The van der Waals surface area contributed by atoms with E-state index in [-0.39, 0.29) is 6.61 Å². The van der Waals surface area contributed by atoms with Crippen molar-refractivity contribution in [1.29, 1.82) is 0 Å². The van der Waals surface area contributed by atoms with Crippen LogP contribution >= 0.6 is 0 Å². The zero-order valence-corrected chi connectivity index (χ0v) is 17.1. The number of hydrogen-bond acceptors (Lipinski definition) is 5. The van der Waals surface area contributed by atoms with Gasteiger partial charge in [0, 0.05) is 5.54 Å². The predicted octanol–water partition coefficient (Wildman–Crippen LogP) is 3.05. The molecule has 3 amide bonds. The molecule has 0 aliphatic heterocycles. The number of nitrogens with one attached hydrogen (secondary N) is 2. The molecular weight excluding hydrogens is 348 g/mol. The van der Waals surface area contributed by atoms with Crippen LogP contribution in [0.5, 0.6) is 5.75 Å². The highest BCUT2D eigenvalue weighted by Gasteiger charge is 2.22. The Morgan fingerprint density at radius 1 is 1.11 bits per heavy atom. The van der Waals surface area contributed by atoms with E-state index < -0.39 is 29.6 Å². The minimum atomic E-state index is -1.11. The first-order chi connectivity index (χ1) is 12.4. The van der Waals surface area contributed by atoms with Crippen LogP contribution in [0.4, 0.5) is 4.79 Å². The average molecular weight is 378 g/mol. The molecule has 1 rings (SSSR count). The van der Waals surface area contributed by atoms with Crippen molar-refractivity contribution in [2.75, 3.05) is 6.61 Å². The van der Waals surface area contributed by atoms with Gasteiger partial charge in [-0.3, -0.25) is 10.1 Å². The van der Waals surface area contributed by atoms with Gasteiger partial charge in [0.2, 0.25) is 0 Å². The van der Waals surface area contributed by atoms with Crippen LogP contribution in [0.2, 0.25) is 0 Å². The highest BCUT2D eigenvalue weighted by molar-refractivity contribution is 5.97. The van der Waals surface area contributed by atoms with Crippen molar-refractivity contribution in [2.45, 2.75) is 66.0 Å². The summed E-state index contributed by atoms with van der Waals surface area (Å²) in [7, 11) is 0. The highest BCUT2D eigenvalue weighted by atomic mass is 16.6. The molecule has 0 unspecified atom stereocenters. The lowest BCUT2D eigenvalue weighted by Crippen LogP contribution is -2.50. The summed E-state index contributed by atoms with van der Waals surface area (Å²) in [4.78, 5) is 35.5. The molecule has 0 aliphatic rings. The molecule has 0 fully saturated rings. The highest BCUT2D eigenvalue weighted by Crippen LogP contribution is 2.23. The topological polar surface area (TPSA) is 93.7 Å². The summed E-state index contributed by atoms with van der Waals surface area (Å²) in [5.41, 5.74) is 1.80. The van der Waals surface area contributed by atoms with Gasteiger partial charge in [-0.15, -0.1) is 0 Å². The van der Waals surface area contributed by atoms with Crippen LogP contribution in [0.1, 0.15) is 58.6 Å². The van der Waals surface area contributed by atoms with Crippen molar-refractivity contribution < 1.29 is 23.9 Å². The number of rotatable bonds is 6. The maximum atomic E-state index is 11.9. The molecule has 0 radical (unpaired) electrons. The van der Waals surface area contributed by atoms with Gasteiger partial charge in [-0.05, 0) is 63.8 Å². The standard InChI is InChI=1S/C20H30N2O5/c1-12(2)16-9-8-15(10-13(16)3)26-11-17(23)27-14(4)18(24)21-19(25)22-20(5,6)7/h8-10,12,14H,11H2,1-7H3,(H2,21,22,24,25)/t14-/m1/s1. The number of aryl methyl sites for hydroxylation is 1. The lowest BCUT2D eigenvalue weighted by Gasteiger charge is -2.21. The summed E-state index contributed by atoms with van der Waals surface area (Å²) in [6.07, 6.45) is -1.11. The van der Waals surface area contributed by atoms with Gasteiger partial charge in [-0.25, -0.2) is 9.59 Å². The number of benzene rings is 1. The minimum Gasteiger partial charge on any atom is -0.482 e. The number of carbonyl (C=O) groups excluding carboxylic acids is 3. The monoisotopic (exact) mass is 378 g/mol. The molecule has 1 aromatic carbocycles. The van der Waals surface area contributed by atoms with Crippen molar-refractivity contribution >= 4 is 17.9 Å². The van der Waals surface area contributed by atoms with Gasteiger partial charge in [-0.1, -0.05) is 19.9 Å². The first-order valence-electron chi connectivity index (χ1n) is 8.95. The number of imide groups is 1. The normalized spacial score (nSPS) is 12.3. The fourth-order valence-electron chi connectivity index (χ4n) is 2.40. The van der Waals surface area contributed by atoms with Crippen molar-refractivity contribution in [3.8, 4) is 5.75 Å². The van der Waals surface area contributed by atoms with E-state index in [4.69, 9.17) is 9.47 Å². The van der Waals surface area contributed by atoms with Crippen molar-refractivity contribution in [3.63, 3.8) is 0 Å². The lowest BCUT2D eigenvalue weighted by atomic mass is 9.98. The fourth-order valence-corrected chi connectivity index (χ4v) is 2.40. The fraction of sp³-hybridized carbons (Fsp3) is 0.550. The maximum Gasteiger partial charge on any atom is 0.344 e. The van der Waals surface area contributed by atoms with Crippen LogP contribution in [0.3, 0.4) is 0 Å². The van der Waals surface area contributed by atoms with E-state index in [1.54, 1.807) is 26.8 Å². The van der Waals surface area contributed by atoms with Gasteiger partial charge in [0.05, 0.1) is 0 Å². The summed E-state index contributed by atoms with van der Waals surface area (Å²) in [5.74, 6) is -0.448. The van der Waals surface area contributed by atoms with Gasteiger partial charge < -0.3 is 14.8 Å². The second-order valence-corrected chi connectivity index (χ2v) is 7.79. The van der Waals surface area contributed by atoms with Gasteiger partial charge in [0.25, 0.3) is 5.91 Å². The number of hydrogen-bond donors (Lipinski definition) is 2. The van der Waals surface area contributed by atoms with Crippen molar-refractivity contribution in [2.24, 2.45) is 0 Å². The van der Waals surface area contributed by atoms with Crippen LogP contribution < -0.4 is 15.4 Å². The molecule has 2 N–H and O–H groups in total. The Morgan fingerprint density at radius 3 is 2.26 bits per heavy atom. The molecule has 150 valence electrons. The van der Waals surface area contributed by atoms with Gasteiger partial charge >= 0.3 is 12.0 Å². The first kappa shape index (κ1) is 22.5. The van der Waals surface area contributed by atoms with Crippen LogP contribution in [0, 0.1) is 6.92 Å². The van der Waals surface area contributed by atoms with E-state index in [0.717, 1.165) is 5.56 Å². The number of esters is 1. The van der Waals surface area contributed by atoms with Crippen LogP contribution in [0.15, 0.2) is 18.2 Å². The van der Waals surface area contributed by atoms with E-state index in [9.17, 15) is 14.4 Å². The summed E-state index contributed by atoms with van der Waals surface area (Å²) < 4.78 is 10.4. The molecule has 0 aliphatic carbocycles. The van der Waals surface area contributed by atoms with Crippen molar-refractivity contribution in [3.05, 3.63) is 29.3 Å². The quantitative estimate of drug-likeness (QED) is 0.742. The smallest absolute Gasteiger partial charge is 0.344 e. The molecule has 1 atom stereocenters. The van der Waals surface area contributed by atoms with Gasteiger partial charge in [0.15, 0.2) is 12.7 Å². The number of carbonyl (C=O) groups is 3. The van der Waals surface area contributed by atoms with Crippen LogP contribution in [0.25, 0.3) is 0 Å². The number of amides is 3. The summed E-state index contributed by atoms with van der Waals surface area (Å²) >= 11 is 0. The molecule has 0 heterocycles. The van der Waals surface area contributed by atoms with Crippen molar-refractivity contribution in [1.82, 2.24) is 10.6 Å². The summed E-state index contributed by atoms with van der Waals surface area (Å²) in [6, 6.07) is 4.97. The molecule has 27 heavy (non-hydrogen) atoms. The lowest BCUT2D eigenvalue weighted by molar-refractivity contribution is -0.156. The zero-order valence-electron chi connectivity index (χ0n) is 17.1. The second kappa shape index (κ2) is 9.39. The minimum absolute atomic E-state index is 0.327. The molecule has 0 spiro atoms. The first-order valence-corrected chi connectivity index (χ1v) is 8.95. The largest absolute Gasteiger partial charge is 0.482 e. The van der Waals surface area contributed by atoms with E-state index in [0.29, 0.717) is 11.7 Å². The third-order valence-corrected chi connectivity index (χ3v) is 3.62. The van der Waals surface area contributed by atoms with E-state index in [1.807, 2.05) is 19.1 Å². The van der Waals surface area contributed by atoms with Crippen LogP contribution in [-0.2, 0) is 14.3 Å². The molecular formula is C20H30N2O5. The third-order valence-electron chi connectivity index (χ3n) is 3.62. The molecule has 7 heteroatoms. The Morgan fingerprint density at radius 2 is 1.74 bits per heavy atom. The van der Waals surface area contributed by atoms with Crippen LogP contribution in [-0.4, -0.2) is 36.2 Å². The van der Waals surface area contributed by atoms with E-state index in [1.165, 1.54) is 12.5 Å². The van der Waals surface area contributed by atoms with Gasteiger partial charge in [0.1, 0.15) is 5.75 Å². The number of ether oxygens (including phenoxy) is 2. The van der Waals surface area contributed by atoms with E-state index >= 15 is 0 Å². The predicted molar refractivity (Wildman–Crippen MR) is 103 cm³/mol. The Hall–Kier alpha value is -2.57. The number of urea groups is 1. The van der Waals surface area contributed by atoms with Gasteiger partial charge in [-0.2, -0.15) is 0 Å². The maximum absolute atomic E-state index is 11.9. The molecule has 0 bridgehead atoms. The zero-order chi connectivity index (χ0) is 20.8. The third kappa shape index (κ3) is 8.11. The molecule has 0 saturated carbocycles. The Bertz CT molecular complexity index is 692.